The average Bonchev–Trinajstić information content (AvgIpc) is 2.86. The van der Waals surface area contributed by atoms with Crippen LogP contribution in [0.4, 0.5) is 0 Å². The minimum Gasteiger partial charge on any atom is -0.303 e. The molecule has 24 heavy (non-hydrogen) atoms. The molecule has 0 spiro atoms. The van der Waals surface area contributed by atoms with Crippen molar-refractivity contribution < 1.29 is 0 Å². The second kappa shape index (κ2) is 8.35. The van der Waals surface area contributed by atoms with Gasteiger partial charge in [-0.05, 0) is 54.4 Å². The zero-order valence-electron chi connectivity index (χ0n) is 14.8. The minimum absolute atomic E-state index is 0.122. The van der Waals surface area contributed by atoms with Crippen molar-refractivity contribution in [1.82, 2.24) is 30.4 Å². The molecule has 1 atom stereocenters. The summed E-state index contributed by atoms with van der Waals surface area (Å²) >= 11 is 0. The number of rotatable bonds is 6. The maximum absolute atomic E-state index is 4.09. The molecule has 0 bridgehead atoms. The lowest BCUT2D eigenvalue weighted by atomic mass is 10.1. The highest BCUT2D eigenvalue weighted by molar-refractivity contribution is 5.27. The summed E-state index contributed by atoms with van der Waals surface area (Å²) in [6.07, 6.45) is 5.42. The lowest BCUT2D eigenvalue weighted by Gasteiger charge is -2.22. The molecule has 0 unspecified atom stereocenters. The van der Waals surface area contributed by atoms with Crippen LogP contribution in [0, 0.1) is 0 Å². The molecule has 1 aliphatic heterocycles. The Morgan fingerprint density at radius 1 is 1.08 bits per heavy atom. The van der Waals surface area contributed by atoms with Crippen LogP contribution in [-0.2, 0) is 20.1 Å². The fourth-order valence-electron chi connectivity index (χ4n) is 3.38. The summed E-state index contributed by atoms with van der Waals surface area (Å²) in [6.45, 7) is 6.43. The van der Waals surface area contributed by atoms with Gasteiger partial charge in [0.15, 0.2) is 5.82 Å². The Hall–Kier alpha value is -1.79. The summed E-state index contributed by atoms with van der Waals surface area (Å²) in [5, 5.41) is 15.3. The van der Waals surface area contributed by atoms with Crippen molar-refractivity contribution >= 4 is 0 Å². The van der Waals surface area contributed by atoms with E-state index < -0.39 is 0 Å². The Bertz CT molecular complexity index is 630. The summed E-state index contributed by atoms with van der Waals surface area (Å²) in [7, 11) is 1.88. The van der Waals surface area contributed by atoms with E-state index in [4.69, 9.17) is 0 Å². The first kappa shape index (κ1) is 17.0. The number of benzene rings is 1. The molecule has 2 heterocycles. The van der Waals surface area contributed by atoms with Gasteiger partial charge >= 0.3 is 0 Å². The van der Waals surface area contributed by atoms with Crippen molar-refractivity contribution in [2.24, 2.45) is 7.05 Å². The van der Waals surface area contributed by atoms with E-state index in [1.807, 2.05) is 7.05 Å². The smallest absolute Gasteiger partial charge is 0.167 e. The zero-order valence-corrected chi connectivity index (χ0v) is 14.8. The fraction of sp³-hybridized carbons (Fsp3) is 0.611. The van der Waals surface area contributed by atoms with E-state index in [9.17, 15) is 0 Å². The van der Waals surface area contributed by atoms with Crippen molar-refractivity contribution in [3.05, 3.63) is 41.2 Å². The van der Waals surface area contributed by atoms with Gasteiger partial charge in [0, 0.05) is 20.1 Å². The first-order chi connectivity index (χ1) is 11.7. The number of aromatic nitrogens is 4. The van der Waals surface area contributed by atoms with E-state index in [1.54, 1.807) is 4.68 Å². The van der Waals surface area contributed by atoms with Crippen molar-refractivity contribution in [3.8, 4) is 0 Å². The lowest BCUT2D eigenvalue weighted by molar-refractivity contribution is 0.276. The molecular formula is C18H28N6. The van der Waals surface area contributed by atoms with Crippen LogP contribution in [0.25, 0.3) is 0 Å². The highest BCUT2D eigenvalue weighted by atomic mass is 15.5. The van der Waals surface area contributed by atoms with Crippen molar-refractivity contribution in [2.45, 2.75) is 51.7 Å². The molecule has 0 aliphatic carbocycles. The van der Waals surface area contributed by atoms with Crippen molar-refractivity contribution in [1.29, 1.82) is 0 Å². The van der Waals surface area contributed by atoms with E-state index >= 15 is 0 Å². The maximum atomic E-state index is 4.09. The van der Waals surface area contributed by atoms with Crippen LogP contribution in [0.3, 0.4) is 0 Å². The first-order valence-corrected chi connectivity index (χ1v) is 8.99. The Kier molecular flexibility index (Phi) is 5.93. The highest BCUT2D eigenvalue weighted by Crippen LogP contribution is 2.17. The van der Waals surface area contributed by atoms with E-state index in [2.05, 4.69) is 56.9 Å². The predicted octanol–water partition coefficient (Wildman–Crippen LogP) is 2.44. The molecule has 1 fully saturated rings. The largest absolute Gasteiger partial charge is 0.303 e. The molecule has 1 N–H and O–H groups in total. The van der Waals surface area contributed by atoms with Gasteiger partial charge in [0.05, 0.1) is 6.04 Å². The monoisotopic (exact) mass is 328 g/mol. The quantitative estimate of drug-likeness (QED) is 0.882. The molecule has 1 aromatic carbocycles. The molecule has 2 aromatic rings. The van der Waals surface area contributed by atoms with Gasteiger partial charge in [-0.15, -0.1) is 5.10 Å². The SMILES string of the molecule is C[C@H](NCc1ccccc1CN1CCCCCC1)c1nnnn1C. The zero-order chi connectivity index (χ0) is 16.8. The summed E-state index contributed by atoms with van der Waals surface area (Å²) < 4.78 is 1.72. The third-order valence-electron chi connectivity index (χ3n) is 4.85. The molecule has 6 heteroatoms. The predicted molar refractivity (Wildman–Crippen MR) is 94.2 cm³/mol. The van der Waals surface area contributed by atoms with E-state index in [-0.39, 0.29) is 6.04 Å². The molecule has 0 radical (unpaired) electrons. The van der Waals surface area contributed by atoms with Crippen LogP contribution in [0.2, 0.25) is 0 Å². The van der Waals surface area contributed by atoms with Gasteiger partial charge < -0.3 is 5.32 Å². The van der Waals surface area contributed by atoms with Crippen LogP contribution < -0.4 is 5.32 Å². The molecule has 1 saturated heterocycles. The van der Waals surface area contributed by atoms with Crippen LogP contribution in [-0.4, -0.2) is 38.2 Å². The Labute approximate surface area is 144 Å². The number of nitrogens with one attached hydrogen (secondary N) is 1. The second-order valence-corrected chi connectivity index (χ2v) is 6.72. The van der Waals surface area contributed by atoms with Gasteiger partial charge in [0.2, 0.25) is 0 Å². The highest BCUT2D eigenvalue weighted by Gasteiger charge is 2.14. The summed E-state index contributed by atoms with van der Waals surface area (Å²) in [4.78, 5) is 2.60. The molecule has 0 amide bonds. The van der Waals surface area contributed by atoms with E-state index in [0.717, 1.165) is 18.9 Å². The van der Waals surface area contributed by atoms with E-state index in [1.165, 1.54) is 49.9 Å². The van der Waals surface area contributed by atoms with Gasteiger partial charge in [-0.25, -0.2) is 4.68 Å². The third kappa shape index (κ3) is 4.39. The molecule has 130 valence electrons. The van der Waals surface area contributed by atoms with Gasteiger partial charge in [-0.3, -0.25) is 4.90 Å². The van der Waals surface area contributed by atoms with Gasteiger partial charge in [-0.1, -0.05) is 37.1 Å². The molecular weight excluding hydrogens is 300 g/mol. The van der Waals surface area contributed by atoms with E-state index in [0.29, 0.717) is 0 Å². The lowest BCUT2D eigenvalue weighted by Crippen LogP contribution is -2.26. The van der Waals surface area contributed by atoms with Crippen molar-refractivity contribution in [3.63, 3.8) is 0 Å². The Morgan fingerprint density at radius 2 is 1.79 bits per heavy atom. The Morgan fingerprint density at radius 3 is 2.46 bits per heavy atom. The van der Waals surface area contributed by atoms with Gasteiger partial charge in [0.1, 0.15) is 0 Å². The van der Waals surface area contributed by atoms with Gasteiger partial charge in [-0.2, -0.15) is 0 Å². The topological polar surface area (TPSA) is 58.9 Å². The average molecular weight is 328 g/mol. The molecule has 0 saturated carbocycles. The fourth-order valence-corrected chi connectivity index (χ4v) is 3.38. The maximum Gasteiger partial charge on any atom is 0.167 e. The summed E-state index contributed by atoms with van der Waals surface area (Å²) in [5.74, 6) is 0.861. The number of nitrogens with zero attached hydrogens (tertiary/aromatic N) is 5. The number of hydrogen-bond donors (Lipinski definition) is 1. The number of likely N-dealkylation sites (tertiary alicyclic amines) is 1. The summed E-state index contributed by atoms with van der Waals surface area (Å²) in [6, 6.07) is 8.87. The van der Waals surface area contributed by atoms with Gasteiger partial charge in [0.25, 0.3) is 0 Å². The second-order valence-electron chi connectivity index (χ2n) is 6.72. The normalized spacial score (nSPS) is 17.6. The number of tetrazole rings is 1. The van der Waals surface area contributed by atoms with Crippen LogP contribution >= 0.6 is 0 Å². The third-order valence-corrected chi connectivity index (χ3v) is 4.85. The minimum atomic E-state index is 0.122. The van der Waals surface area contributed by atoms with Crippen LogP contribution in [0.5, 0.6) is 0 Å². The summed E-state index contributed by atoms with van der Waals surface area (Å²) in [5.41, 5.74) is 2.79. The molecule has 1 aliphatic rings. The first-order valence-electron chi connectivity index (χ1n) is 8.99. The van der Waals surface area contributed by atoms with Crippen LogP contribution in [0.1, 0.15) is 55.6 Å². The van der Waals surface area contributed by atoms with Crippen molar-refractivity contribution in [2.75, 3.05) is 13.1 Å². The molecule has 1 aromatic heterocycles. The number of aryl methyl sites for hydroxylation is 1. The molecule has 3 rings (SSSR count). The Balaban J connectivity index is 1.62. The standard InChI is InChI=1S/C18H28N6/c1-15(18-20-21-22-23(18)2)19-13-16-9-5-6-10-17(16)14-24-11-7-3-4-8-12-24/h5-6,9-10,15,19H,3-4,7-8,11-14H2,1-2H3/t15-/m0/s1. The van der Waals surface area contributed by atoms with Crippen LogP contribution in [0.15, 0.2) is 24.3 Å². The number of hydrogen-bond acceptors (Lipinski definition) is 5. The molecule has 6 nitrogen and oxygen atoms in total.